The SMILES string of the molecule is Cc1ccc(CCNCc2ccc(C(=O)O)s2)cc1. The molecule has 0 spiro atoms. The van der Waals surface area contributed by atoms with Crippen molar-refractivity contribution in [3.8, 4) is 0 Å². The molecule has 0 saturated heterocycles. The third-order valence-electron chi connectivity index (χ3n) is 2.88. The highest BCUT2D eigenvalue weighted by molar-refractivity contribution is 7.13. The molecule has 0 aliphatic rings. The van der Waals surface area contributed by atoms with Crippen molar-refractivity contribution >= 4 is 17.3 Å². The van der Waals surface area contributed by atoms with Crippen molar-refractivity contribution in [2.75, 3.05) is 6.54 Å². The van der Waals surface area contributed by atoms with E-state index in [1.807, 2.05) is 6.07 Å². The summed E-state index contributed by atoms with van der Waals surface area (Å²) >= 11 is 1.33. The molecule has 1 aromatic carbocycles. The summed E-state index contributed by atoms with van der Waals surface area (Å²) in [5.41, 5.74) is 2.59. The molecule has 2 N–H and O–H groups in total. The van der Waals surface area contributed by atoms with Gasteiger partial charge in [0.05, 0.1) is 0 Å². The molecule has 0 fully saturated rings. The number of hydrogen-bond acceptors (Lipinski definition) is 3. The number of carboxylic acid groups (broad SMARTS) is 1. The van der Waals surface area contributed by atoms with Gasteiger partial charge < -0.3 is 10.4 Å². The fourth-order valence-electron chi connectivity index (χ4n) is 1.79. The smallest absolute Gasteiger partial charge is 0.345 e. The third kappa shape index (κ3) is 4.19. The summed E-state index contributed by atoms with van der Waals surface area (Å²) in [4.78, 5) is 12.2. The van der Waals surface area contributed by atoms with E-state index >= 15 is 0 Å². The van der Waals surface area contributed by atoms with Crippen LogP contribution < -0.4 is 5.32 Å². The maximum atomic E-state index is 10.7. The van der Waals surface area contributed by atoms with Crippen molar-refractivity contribution < 1.29 is 9.90 Å². The molecule has 100 valence electrons. The van der Waals surface area contributed by atoms with Crippen LogP contribution in [0.15, 0.2) is 36.4 Å². The Morgan fingerprint density at radius 2 is 1.95 bits per heavy atom. The van der Waals surface area contributed by atoms with Gasteiger partial charge in [-0.1, -0.05) is 29.8 Å². The molecule has 0 atom stereocenters. The Morgan fingerprint density at radius 1 is 1.21 bits per heavy atom. The molecule has 0 unspecified atom stereocenters. The normalized spacial score (nSPS) is 10.6. The monoisotopic (exact) mass is 275 g/mol. The molecule has 1 aromatic heterocycles. The molecule has 0 aliphatic carbocycles. The zero-order chi connectivity index (χ0) is 13.7. The van der Waals surface area contributed by atoms with E-state index < -0.39 is 5.97 Å². The highest BCUT2D eigenvalue weighted by Gasteiger charge is 2.06. The second-order valence-electron chi connectivity index (χ2n) is 4.48. The molecule has 1 heterocycles. The van der Waals surface area contributed by atoms with Gasteiger partial charge in [-0.05, 0) is 37.6 Å². The summed E-state index contributed by atoms with van der Waals surface area (Å²) in [5.74, 6) is -0.851. The summed E-state index contributed by atoms with van der Waals surface area (Å²) in [5, 5.41) is 12.2. The van der Waals surface area contributed by atoms with E-state index in [9.17, 15) is 4.79 Å². The van der Waals surface area contributed by atoms with Crippen molar-refractivity contribution in [2.45, 2.75) is 19.9 Å². The van der Waals surface area contributed by atoms with E-state index in [0.717, 1.165) is 24.4 Å². The molecule has 0 bridgehead atoms. The molecule has 0 aliphatic heterocycles. The molecule has 0 amide bonds. The van der Waals surface area contributed by atoms with Crippen LogP contribution in [-0.4, -0.2) is 17.6 Å². The molecular formula is C15H17NO2S. The van der Waals surface area contributed by atoms with Crippen molar-refractivity contribution in [1.29, 1.82) is 0 Å². The van der Waals surface area contributed by atoms with E-state index in [2.05, 4.69) is 36.5 Å². The van der Waals surface area contributed by atoms with Gasteiger partial charge in [-0.2, -0.15) is 0 Å². The van der Waals surface area contributed by atoms with Crippen LogP contribution in [0, 0.1) is 6.92 Å². The summed E-state index contributed by atoms with van der Waals surface area (Å²) in [6.07, 6.45) is 0.984. The summed E-state index contributed by atoms with van der Waals surface area (Å²) in [6, 6.07) is 12.0. The van der Waals surface area contributed by atoms with Crippen LogP contribution in [0.2, 0.25) is 0 Å². The topological polar surface area (TPSA) is 49.3 Å². The molecule has 0 radical (unpaired) electrons. The van der Waals surface area contributed by atoms with Crippen LogP contribution in [-0.2, 0) is 13.0 Å². The molecule has 19 heavy (non-hydrogen) atoms. The minimum atomic E-state index is -0.851. The molecule has 2 aromatic rings. The number of aryl methyl sites for hydroxylation is 1. The lowest BCUT2D eigenvalue weighted by atomic mass is 10.1. The van der Waals surface area contributed by atoms with E-state index in [0.29, 0.717) is 4.88 Å². The van der Waals surface area contributed by atoms with Gasteiger partial charge in [0.1, 0.15) is 4.88 Å². The van der Waals surface area contributed by atoms with Crippen LogP contribution in [0.3, 0.4) is 0 Å². The lowest BCUT2D eigenvalue weighted by Crippen LogP contribution is -2.15. The quantitative estimate of drug-likeness (QED) is 0.796. The largest absolute Gasteiger partial charge is 0.477 e. The van der Waals surface area contributed by atoms with Gasteiger partial charge in [-0.25, -0.2) is 4.79 Å². The second-order valence-corrected chi connectivity index (χ2v) is 5.65. The predicted molar refractivity (Wildman–Crippen MR) is 77.9 cm³/mol. The van der Waals surface area contributed by atoms with Gasteiger partial charge in [0, 0.05) is 11.4 Å². The predicted octanol–water partition coefficient (Wildman–Crippen LogP) is 3.09. The molecule has 2 rings (SSSR count). The van der Waals surface area contributed by atoms with Gasteiger partial charge in [0.15, 0.2) is 0 Å². The number of rotatable bonds is 6. The maximum Gasteiger partial charge on any atom is 0.345 e. The van der Waals surface area contributed by atoms with Crippen LogP contribution in [0.25, 0.3) is 0 Å². The number of carboxylic acids is 1. The zero-order valence-electron chi connectivity index (χ0n) is 10.8. The first kappa shape index (κ1) is 13.8. The second kappa shape index (κ2) is 6.50. The molecule has 4 heteroatoms. The van der Waals surface area contributed by atoms with E-state index in [4.69, 9.17) is 5.11 Å². The van der Waals surface area contributed by atoms with E-state index in [1.165, 1.54) is 22.5 Å². The van der Waals surface area contributed by atoms with Crippen molar-refractivity contribution in [1.82, 2.24) is 5.32 Å². The number of benzene rings is 1. The van der Waals surface area contributed by atoms with Crippen LogP contribution in [0.4, 0.5) is 0 Å². The lowest BCUT2D eigenvalue weighted by Gasteiger charge is -2.04. The minimum Gasteiger partial charge on any atom is -0.477 e. The number of hydrogen-bond donors (Lipinski definition) is 2. The molecule has 3 nitrogen and oxygen atoms in total. The van der Waals surface area contributed by atoms with Gasteiger partial charge >= 0.3 is 5.97 Å². The first-order valence-electron chi connectivity index (χ1n) is 6.23. The average molecular weight is 275 g/mol. The van der Waals surface area contributed by atoms with E-state index in [1.54, 1.807) is 6.07 Å². The Labute approximate surface area is 116 Å². The highest BCUT2D eigenvalue weighted by Crippen LogP contribution is 2.15. The minimum absolute atomic E-state index is 0.398. The summed E-state index contributed by atoms with van der Waals surface area (Å²) in [7, 11) is 0. The Kier molecular flexibility index (Phi) is 4.71. The Morgan fingerprint density at radius 3 is 2.58 bits per heavy atom. The highest BCUT2D eigenvalue weighted by atomic mass is 32.1. The van der Waals surface area contributed by atoms with E-state index in [-0.39, 0.29) is 0 Å². The lowest BCUT2D eigenvalue weighted by molar-refractivity contribution is 0.0702. The molecular weight excluding hydrogens is 258 g/mol. The molecule has 0 saturated carbocycles. The first-order chi connectivity index (χ1) is 9.15. The van der Waals surface area contributed by atoms with Crippen LogP contribution in [0.1, 0.15) is 25.7 Å². The Hall–Kier alpha value is -1.65. The number of aromatic carboxylic acids is 1. The van der Waals surface area contributed by atoms with Crippen molar-refractivity contribution in [3.05, 3.63) is 57.3 Å². The fourth-order valence-corrected chi connectivity index (χ4v) is 2.60. The third-order valence-corrected chi connectivity index (χ3v) is 3.96. The number of nitrogens with one attached hydrogen (secondary N) is 1. The summed E-state index contributed by atoms with van der Waals surface area (Å²) < 4.78 is 0. The first-order valence-corrected chi connectivity index (χ1v) is 7.05. The average Bonchev–Trinajstić information content (AvgIpc) is 2.86. The van der Waals surface area contributed by atoms with Gasteiger partial charge in [-0.15, -0.1) is 11.3 Å². The zero-order valence-corrected chi connectivity index (χ0v) is 11.7. The Balaban J connectivity index is 1.74. The van der Waals surface area contributed by atoms with Gasteiger partial charge in [0.25, 0.3) is 0 Å². The fraction of sp³-hybridized carbons (Fsp3) is 0.267. The van der Waals surface area contributed by atoms with Crippen LogP contribution >= 0.6 is 11.3 Å². The maximum absolute atomic E-state index is 10.7. The Bertz CT molecular complexity index is 546. The van der Waals surface area contributed by atoms with Crippen molar-refractivity contribution in [3.63, 3.8) is 0 Å². The van der Waals surface area contributed by atoms with Crippen LogP contribution in [0.5, 0.6) is 0 Å². The van der Waals surface area contributed by atoms with Gasteiger partial charge in [-0.3, -0.25) is 0 Å². The summed E-state index contributed by atoms with van der Waals surface area (Å²) in [6.45, 7) is 3.70. The van der Waals surface area contributed by atoms with Gasteiger partial charge in [0.2, 0.25) is 0 Å². The van der Waals surface area contributed by atoms with Crippen molar-refractivity contribution in [2.24, 2.45) is 0 Å². The number of thiophene rings is 1. The number of carbonyl (C=O) groups is 1. The standard InChI is InChI=1S/C15H17NO2S/c1-11-2-4-12(5-3-11)8-9-16-10-13-6-7-14(19-13)15(17)18/h2-7,16H,8-10H2,1H3,(H,17,18).